The Kier molecular flexibility index (Phi) is 9.56. The number of nitrogens with one attached hydrogen (secondary N) is 1. The average molecular weight is 511 g/mol. The maximum Gasteiger partial charge on any atom is 0.224 e. The lowest BCUT2D eigenvalue weighted by Crippen LogP contribution is -2.40. The largest absolute Gasteiger partial charge is 0.497 e. The number of likely N-dealkylation sites (tertiary alicyclic amines) is 1. The molecule has 1 saturated heterocycles. The molecule has 0 radical (unpaired) electrons. The minimum Gasteiger partial charge on any atom is -0.497 e. The van der Waals surface area contributed by atoms with Crippen LogP contribution in [0.2, 0.25) is 0 Å². The molecule has 37 heavy (non-hydrogen) atoms. The summed E-state index contributed by atoms with van der Waals surface area (Å²) < 4.78 is 23.7. The minimum atomic E-state index is -0.308. The van der Waals surface area contributed by atoms with Crippen LogP contribution >= 0.6 is 0 Å². The Morgan fingerprint density at radius 1 is 0.919 bits per heavy atom. The molecular formula is C30H39FN2O4. The third kappa shape index (κ3) is 7.78. The van der Waals surface area contributed by atoms with Crippen molar-refractivity contribution >= 4 is 11.7 Å². The number of methoxy groups -OCH3 is 2. The molecule has 7 heteroatoms. The minimum absolute atomic E-state index is 0.0387. The number of hydrogen-bond acceptors (Lipinski definition) is 5. The number of Topliss-reactive ketones (excluding diaryl/α,β-unsaturated/α-hetero) is 1. The van der Waals surface area contributed by atoms with Crippen molar-refractivity contribution in [3.63, 3.8) is 0 Å². The number of hydrogen-bond donors (Lipinski definition) is 1. The van der Waals surface area contributed by atoms with Gasteiger partial charge in [0.05, 0.1) is 20.6 Å². The lowest BCUT2D eigenvalue weighted by molar-refractivity contribution is -0.121. The van der Waals surface area contributed by atoms with Gasteiger partial charge in [-0.1, -0.05) is 0 Å². The van der Waals surface area contributed by atoms with E-state index in [1.807, 2.05) is 12.1 Å². The summed E-state index contributed by atoms with van der Waals surface area (Å²) in [7, 11) is 3.21. The van der Waals surface area contributed by atoms with Crippen molar-refractivity contribution < 1.29 is 23.5 Å². The number of halogens is 1. The predicted molar refractivity (Wildman–Crippen MR) is 142 cm³/mol. The summed E-state index contributed by atoms with van der Waals surface area (Å²) >= 11 is 0. The van der Waals surface area contributed by atoms with Crippen LogP contribution in [0.5, 0.6) is 11.5 Å². The van der Waals surface area contributed by atoms with Crippen LogP contribution in [0.15, 0.2) is 42.5 Å². The molecule has 1 amide bonds. The van der Waals surface area contributed by atoms with Gasteiger partial charge >= 0.3 is 0 Å². The Hall–Kier alpha value is -2.93. The van der Waals surface area contributed by atoms with E-state index < -0.39 is 0 Å². The van der Waals surface area contributed by atoms with E-state index in [1.165, 1.54) is 18.6 Å². The SMILES string of the molecule is COc1cc(CC(=O)N[C@H]2CC[C@H](CCN3CCC(C(=O)c4ccc(F)cc4)CC3)CC2)cc(OC)c1. The topological polar surface area (TPSA) is 67.9 Å². The van der Waals surface area contributed by atoms with Gasteiger partial charge in [0.15, 0.2) is 5.78 Å². The molecule has 1 N–H and O–H groups in total. The van der Waals surface area contributed by atoms with E-state index in [9.17, 15) is 14.0 Å². The van der Waals surface area contributed by atoms with Crippen LogP contribution in [0, 0.1) is 17.7 Å². The molecule has 1 heterocycles. The van der Waals surface area contributed by atoms with Gasteiger partial charge in [-0.15, -0.1) is 0 Å². The maximum absolute atomic E-state index is 13.1. The van der Waals surface area contributed by atoms with Crippen LogP contribution < -0.4 is 14.8 Å². The van der Waals surface area contributed by atoms with E-state index in [1.54, 1.807) is 32.4 Å². The zero-order chi connectivity index (χ0) is 26.2. The molecule has 0 aromatic heterocycles. The first-order valence-electron chi connectivity index (χ1n) is 13.5. The molecule has 2 aromatic rings. The smallest absolute Gasteiger partial charge is 0.224 e. The summed E-state index contributed by atoms with van der Waals surface area (Å²) in [5, 5.41) is 3.22. The zero-order valence-electron chi connectivity index (χ0n) is 22.0. The molecule has 0 atom stereocenters. The highest BCUT2D eigenvalue weighted by Gasteiger charge is 2.27. The van der Waals surface area contributed by atoms with E-state index in [0.29, 0.717) is 29.4 Å². The number of ether oxygens (including phenoxy) is 2. The van der Waals surface area contributed by atoms with E-state index in [2.05, 4.69) is 10.2 Å². The number of piperidine rings is 1. The first kappa shape index (κ1) is 27.1. The van der Waals surface area contributed by atoms with Crippen molar-refractivity contribution in [1.29, 1.82) is 0 Å². The van der Waals surface area contributed by atoms with Crippen LogP contribution in [0.4, 0.5) is 4.39 Å². The molecule has 6 nitrogen and oxygen atoms in total. The molecule has 4 rings (SSSR count). The van der Waals surface area contributed by atoms with Crippen molar-refractivity contribution in [2.45, 2.75) is 57.4 Å². The highest BCUT2D eigenvalue weighted by atomic mass is 19.1. The van der Waals surface area contributed by atoms with Gasteiger partial charge in [0.1, 0.15) is 17.3 Å². The van der Waals surface area contributed by atoms with Crippen molar-refractivity contribution in [1.82, 2.24) is 10.2 Å². The quantitative estimate of drug-likeness (QED) is 0.454. The van der Waals surface area contributed by atoms with E-state index >= 15 is 0 Å². The fourth-order valence-electron chi connectivity index (χ4n) is 5.66. The molecule has 1 aliphatic carbocycles. The lowest BCUT2D eigenvalue weighted by atomic mass is 9.83. The molecule has 1 saturated carbocycles. The van der Waals surface area contributed by atoms with Crippen LogP contribution in [0.3, 0.4) is 0 Å². The Balaban J connectivity index is 1.13. The third-order valence-electron chi connectivity index (χ3n) is 7.93. The molecule has 2 aromatic carbocycles. The van der Waals surface area contributed by atoms with Crippen molar-refractivity contribution in [2.24, 2.45) is 11.8 Å². The summed E-state index contributed by atoms with van der Waals surface area (Å²) in [6.45, 7) is 2.95. The Labute approximate surface area is 219 Å². The molecule has 0 bridgehead atoms. The Morgan fingerprint density at radius 2 is 1.54 bits per heavy atom. The van der Waals surface area contributed by atoms with Gasteiger partial charge < -0.3 is 19.7 Å². The number of benzene rings is 2. The Morgan fingerprint density at radius 3 is 2.14 bits per heavy atom. The lowest BCUT2D eigenvalue weighted by Gasteiger charge is -2.34. The maximum atomic E-state index is 13.1. The Bertz CT molecular complexity index is 1020. The number of ketones is 1. The van der Waals surface area contributed by atoms with Gasteiger partial charge in [-0.2, -0.15) is 0 Å². The molecule has 2 aliphatic rings. The number of amides is 1. The second kappa shape index (κ2) is 13.0. The number of nitrogens with zero attached hydrogens (tertiary/aromatic N) is 1. The normalized spacial score (nSPS) is 20.8. The first-order chi connectivity index (χ1) is 17.9. The molecule has 200 valence electrons. The van der Waals surface area contributed by atoms with Crippen molar-refractivity contribution in [2.75, 3.05) is 33.9 Å². The third-order valence-corrected chi connectivity index (χ3v) is 7.93. The van der Waals surface area contributed by atoms with Gasteiger partial charge in [0.2, 0.25) is 5.91 Å². The number of carbonyl (C=O) groups excluding carboxylic acids is 2. The summed E-state index contributed by atoms with van der Waals surface area (Å²) in [5.74, 6) is 1.98. The van der Waals surface area contributed by atoms with Gasteiger partial charge in [-0.25, -0.2) is 4.39 Å². The summed E-state index contributed by atoms with van der Waals surface area (Å²) in [6.07, 6.45) is 7.53. The van der Waals surface area contributed by atoms with Crippen LogP contribution in [-0.4, -0.2) is 56.5 Å². The molecule has 1 aliphatic heterocycles. The van der Waals surface area contributed by atoms with Gasteiger partial charge in [-0.05, 0) is 112 Å². The number of rotatable bonds is 10. The van der Waals surface area contributed by atoms with E-state index in [0.717, 1.165) is 63.7 Å². The average Bonchev–Trinajstić information content (AvgIpc) is 2.92. The van der Waals surface area contributed by atoms with Crippen LogP contribution in [0.25, 0.3) is 0 Å². The zero-order valence-corrected chi connectivity index (χ0v) is 22.0. The summed E-state index contributed by atoms with van der Waals surface area (Å²) in [6, 6.07) is 11.7. The number of carbonyl (C=O) groups is 2. The predicted octanol–water partition coefficient (Wildman–Crippen LogP) is 5.05. The van der Waals surface area contributed by atoms with Crippen molar-refractivity contribution in [3.8, 4) is 11.5 Å². The summed E-state index contributed by atoms with van der Waals surface area (Å²) in [5.41, 5.74) is 1.50. The first-order valence-corrected chi connectivity index (χ1v) is 13.5. The molecule has 2 fully saturated rings. The van der Waals surface area contributed by atoms with E-state index in [-0.39, 0.29) is 29.5 Å². The molecule has 0 spiro atoms. The highest BCUT2D eigenvalue weighted by molar-refractivity contribution is 5.97. The van der Waals surface area contributed by atoms with E-state index in [4.69, 9.17) is 9.47 Å². The molecular weight excluding hydrogens is 471 g/mol. The van der Waals surface area contributed by atoms with Crippen LogP contribution in [0.1, 0.15) is 60.9 Å². The second-order valence-corrected chi connectivity index (χ2v) is 10.5. The van der Waals surface area contributed by atoms with Gasteiger partial charge in [0, 0.05) is 23.6 Å². The van der Waals surface area contributed by atoms with Gasteiger partial charge in [-0.3, -0.25) is 9.59 Å². The van der Waals surface area contributed by atoms with Gasteiger partial charge in [0.25, 0.3) is 0 Å². The highest BCUT2D eigenvalue weighted by Crippen LogP contribution is 2.29. The van der Waals surface area contributed by atoms with Crippen molar-refractivity contribution in [3.05, 3.63) is 59.4 Å². The fourth-order valence-corrected chi connectivity index (χ4v) is 5.66. The summed E-state index contributed by atoms with van der Waals surface area (Å²) in [4.78, 5) is 27.8. The van der Waals surface area contributed by atoms with Crippen LogP contribution in [-0.2, 0) is 11.2 Å². The molecule has 0 unspecified atom stereocenters. The standard InChI is InChI=1S/C30H39FN2O4/c1-36-27-17-22(18-28(20-27)37-2)19-29(34)32-26-9-3-21(4-10-26)11-14-33-15-12-24(13-16-33)30(35)23-5-7-25(31)8-6-23/h5-8,17-18,20-21,24,26H,3-4,9-16,19H2,1-2H3,(H,32,34)/t21-,26-. The monoisotopic (exact) mass is 510 g/mol. The fraction of sp³-hybridized carbons (Fsp3) is 0.533. The second-order valence-electron chi connectivity index (χ2n) is 10.5.